The van der Waals surface area contributed by atoms with E-state index in [4.69, 9.17) is 41.8 Å². The molecule has 548 valence electrons. The Morgan fingerprint density at radius 3 is 1.02 bits per heavy atom. The van der Waals surface area contributed by atoms with Crippen LogP contribution in [-0.2, 0) is 71.8 Å². The molecule has 2 aromatic carbocycles. The number of hydrogen-bond donors (Lipinski definition) is 3. The normalized spacial score (nSPS) is 13.2. The molecule has 3 N–H and O–H groups in total. The standard InChI is InChI=1S/C57H110O17P2.C15H14O4.2Na/c1-5-9-13-17-21-25-29-33-37-41-54(59)67-47-52(73-56(61)43-39-35-31-27-23-19-15-11-7-3)49-71-75(63,64)69-45-51(58)46-70-76(65,66)72-50-53(74-57(62)44-40-36-32-28-24-20-16-12-8-4)48-68-55(60)42-38-34-30-26-22-18-14-10-6-2;1-19-12-5-2-10(3-6-12)8-14(17)13-7-4-11(16)9-15(13)18;;/h51-53,58H,5-50H2,1-4H3,(H,63,64)(H,65,66);2-7,9,16,18H,8H2,1H3;;/q;;2*+1/p-2. The van der Waals surface area contributed by atoms with Crippen molar-refractivity contribution >= 4 is 45.3 Å². The molecule has 0 aromatic heterocycles. The van der Waals surface area contributed by atoms with Crippen molar-refractivity contribution in [3.05, 3.63) is 53.6 Å². The topological polar surface area (TPSA) is 309 Å². The summed E-state index contributed by atoms with van der Waals surface area (Å²) in [4.78, 5) is 88.3. The molecule has 0 spiro atoms. The summed E-state index contributed by atoms with van der Waals surface area (Å²) < 4.78 is 71.7. The maximum Gasteiger partial charge on any atom is 1.00 e. The molecule has 0 fully saturated rings. The molecule has 0 aliphatic rings. The third-order valence-electron chi connectivity index (χ3n) is 15.9. The number of esters is 4. The number of methoxy groups -OCH3 is 1. The smallest absolute Gasteiger partial charge is 0.756 e. The summed E-state index contributed by atoms with van der Waals surface area (Å²) in [5.41, 5.74) is 1.03. The second kappa shape index (κ2) is 64.4. The van der Waals surface area contributed by atoms with E-state index in [1.165, 1.54) is 115 Å². The first kappa shape index (κ1) is 96.6. The van der Waals surface area contributed by atoms with Crippen LogP contribution in [0.15, 0.2) is 42.5 Å². The van der Waals surface area contributed by atoms with Gasteiger partial charge in [-0.05, 0) is 55.5 Å². The fourth-order valence-electron chi connectivity index (χ4n) is 10.2. The number of carbonyl (C=O) groups excluding carboxylic acids is 5. The van der Waals surface area contributed by atoms with E-state index in [1.54, 1.807) is 31.4 Å². The zero-order valence-corrected chi connectivity index (χ0v) is 66.4. The van der Waals surface area contributed by atoms with Gasteiger partial charge >= 0.3 is 83.0 Å². The van der Waals surface area contributed by atoms with Gasteiger partial charge in [-0.3, -0.25) is 33.1 Å². The van der Waals surface area contributed by atoms with Crippen LogP contribution in [0.3, 0.4) is 0 Å². The molecule has 2 rings (SSSR count). The van der Waals surface area contributed by atoms with Crippen molar-refractivity contribution in [3.8, 4) is 17.2 Å². The average Bonchev–Trinajstić information content (AvgIpc) is 0.909. The molecule has 0 bridgehead atoms. The van der Waals surface area contributed by atoms with Gasteiger partial charge in [-0.15, -0.1) is 0 Å². The molecule has 0 saturated heterocycles. The number of carbonyl (C=O) groups is 5. The number of phosphoric acid groups is 2. The van der Waals surface area contributed by atoms with Crippen LogP contribution in [0.25, 0.3) is 0 Å². The van der Waals surface area contributed by atoms with E-state index < -0.39 is 97.5 Å². The molecule has 4 unspecified atom stereocenters. The van der Waals surface area contributed by atoms with Crippen LogP contribution in [0, 0.1) is 0 Å². The Kier molecular flexibility index (Phi) is 64.2. The Labute approximate surface area is 626 Å². The molecular weight excluding hydrogens is 1310 g/mol. The Bertz CT molecular complexity index is 2280. The quantitative estimate of drug-likeness (QED) is 0.0138. The predicted molar refractivity (Wildman–Crippen MR) is 365 cm³/mol. The number of aromatic hydroxyl groups is 2. The minimum atomic E-state index is -5.20. The molecule has 0 aliphatic heterocycles. The van der Waals surface area contributed by atoms with Crippen molar-refractivity contribution in [2.75, 3.05) is 46.8 Å². The molecule has 4 atom stereocenters. The van der Waals surface area contributed by atoms with Crippen molar-refractivity contribution < 1.29 is 159 Å². The number of unbranched alkanes of at least 4 members (excludes halogenated alkanes) is 32. The zero-order chi connectivity index (χ0) is 70.1. The van der Waals surface area contributed by atoms with Gasteiger partial charge < -0.3 is 66.9 Å². The number of benzene rings is 2. The number of aliphatic hydroxyl groups is 1. The number of ether oxygens (including phenoxy) is 5. The molecule has 2 aromatic rings. The van der Waals surface area contributed by atoms with Crippen LogP contribution in [0.4, 0.5) is 0 Å². The fourth-order valence-corrected chi connectivity index (χ4v) is 11.7. The van der Waals surface area contributed by atoms with Gasteiger partial charge in [-0.1, -0.05) is 245 Å². The largest absolute Gasteiger partial charge is 1.00 e. The Morgan fingerprint density at radius 1 is 0.412 bits per heavy atom. The van der Waals surface area contributed by atoms with Gasteiger partial charge in [0.1, 0.15) is 36.6 Å². The van der Waals surface area contributed by atoms with Gasteiger partial charge in [0.2, 0.25) is 0 Å². The number of aliphatic hydroxyl groups excluding tert-OH is 1. The molecule has 21 nitrogen and oxygen atoms in total. The first-order chi connectivity index (χ1) is 45.8. The van der Waals surface area contributed by atoms with Crippen LogP contribution in [0.5, 0.6) is 17.2 Å². The summed E-state index contributed by atoms with van der Waals surface area (Å²) >= 11 is 0. The van der Waals surface area contributed by atoms with Crippen molar-refractivity contribution in [1.82, 2.24) is 0 Å². The molecule has 0 saturated carbocycles. The van der Waals surface area contributed by atoms with Crippen molar-refractivity contribution in [3.63, 3.8) is 0 Å². The predicted octanol–water partition coefficient (Wildman–Crippen LogP) is 10.5. The van der Waals surface area contributed by atoms with Crippen LogP contribution >= 0.6 is 15.6 Å². The molecule has 0 heterocycles. The second-order valence-corrected chi connectivity index (χ2v) is 27.6. The fraction of sp³-hybridized carbons (Fsp3) is 0.764. The molecule has 25 heteroatoms. The van der Waals surface area contributed by atoms with Gasteiger partial charge in [-0.25, -0.2) is 0 Å². The molecule has 0 amide bonds. The number of Topliss-reactive ketones (excluding diaryl/α,β-unsaturated/α-hetero) is 1. The first-order valence-electron chi connectivity index (χ1n) is 36.0. The SMILES string of the molecule is CCCCCCCCCCCC(=O)OCC(COP(=O)([O-])OCC(O)COP(=O)([O-])OCC(COC(=O)CCCCCCCCCCC)OC(=O)CCCCCCCCCCC)OC(=O)CCCCCCCCCCC.COc1ccc(CC(=O)c2ccc(O)cc2O)cc1.[Na+].[Na+]. The number of ketones is 1. The summed E-state index contributed by atoms with van der Waals surface area (Å²) in [5, 5.41) is 29.2. The van der Waals surface area contributed by atoms with Gasteiger partial charge in [-0.2, -0.15) is 0 Å². The number of hydrogen-bond acceptors (Lipinski definition) is 21. The van der Waals surface area contributed by atoms with Crippen LogP contribution in [0.2, 0.25) is 0 Å². The first-order valence-corrected chi connectivity index (χ1v) is 38.9. The minimum absolute atomic E-state index is 0. The number of rotatable bonds is 62. The van der Waals surface area contributed by atoms with E-state index in [9.17, 15) is 58.2 Å². The monoisotopic (exact) mass is 1430 g/mol. The maximum atomic E-state index is 12.8. The summed E-state index contributed by atoms with van der Waals surface area (Å²) in [6, 6.07) is 11.1. The Balaban J connectivity index is 0. The molecule has 97 heavy (non-hydrogen) atoms. The second-order valence-electron chi connectivity index (χ2n) is 24.8. The van der Waals surface area contributed by atoms with E-state index in [0.717, 1.165) is 120 Å². The molecule has 0 radical (unpaired) electrons. The van der Waals surface area contributed by atoms with Gasteiger partial charge in [0.15, 0.2) is 18.0 Å². The van der Waals surface area contributed by atoms with E-state index >= 15 is 0 Å². The van der Waals surface area contributed by atoms with Crippen molar-refractivity contribution in [1.29, 1.82) is 0 Å². The Morgan fingerprint density at radius 2 is 0.711 bits per heavy atom. The minimum Gasteiger partial charge on any atom is -0.756 e. The van der Waals surface area contributed by atoms with Gasteiger partial charge in [0.05, 0.1) is 39.1 Å². The van der Waals surface area contributed by atoms with Gasteiger partial charge in [0, 0.05) is 38.2 Å². The summed E-state index contributed by atoms with van der Waals surface area (Å²) in [6.45, 7) is 4.36. The van der Waals surface area contributed by atoms with Gasteiger partial charge in [0.25, 0.3) is 15.6 Å². The van der Waals surface area contributed by atoms with E-state index in [0.29, 0.717) is 25.7 Å². The van der Waals surface area contributed by atoms with E-state index in [1.807, 2.05) is 0 Å². The van der Waals surface area contributed by atoms with E-state index in [-0.39, 0.29) is 114 Å². The molecular formula is C72H122Na2O21P2. The summed E-state index contributed by atoms with van der Waals surface area (Å²) in [7, 11) is -8.81. The summed E-state index contributed by atoms with van der Waals surface area (Å²) in [5.74, 6) is -2.00. The number of phosphoric ester groups is 2. The Hall–Kier alpha value is -2.43. The third-order valence-corrected chi connectivity index (χ3v) is 17.7. The van der Waals surface area contributed by atoms with Crippen LogP contribution in [0.1, 0.15) is 300 Å². The molecule has 0 aliphatic carbocycles. The summed E-state index contributed by atoms with van der Waals surface area (Å²) in [6.07, 6.45) is 34.4. The van der Waals surface area contributed by atoms with Crippen molar-refractivity contribution in [2.45, 2.75) is 309 Å². The number of phenols is 2. The van der Waals surface area contributed by atoms with Crippen LogP contribution in [-0.4, -0.2) is 110 Å². The average molecular weight is 1430 g/mol. The maximum absolute atomic E-state index is 12.8. The third kappa shape index (κ3) is 57.7. The van der Waals surface area contributed by atoms with Crippen molar-refractivity contribution in [2.24, 2.45) is 0 Å². The zero-order valence-electron chi connectivity index (χ0n) is 60.6. The van der Waals surface area contributed by atoms with Crippen LogP contribution < -0.4 is 73.6 Å². The van der Waals surface area contributed by atoms with E-state index in [2.05, 4.69) is 27.7 Å². The number of phenolic OH excluding ortho intramolecular Hbond substituents is 2.